The highest BCUT2D eigenvalue weighted by molar-refractivity contribution is 5.95. The molecule has 7 heteroatoms. The third kappa shape index (κ3) is 4.71. The van der Waals surface area contributed by atoms with Gasteiger partial charge in [0, 0.05) is 38.4 Å². The van der Waals surface area contributed by atoms with E-state index < -0.39 is 4.92 Å². The van der Waals surface area contributed by atoms with Crippen LogP contribution in [0.2, 0.25) is 0 Å². The van der Waals surface area contributed by atoms with Crippen molar-refractivity contribution in [3.8, 4) is 0 Å². The molecule has 0 saturated carbocycles. The quantitative estimate of drug-likeness (QED) is 0.591. The van der Waals surface area contributed by atoms with E-state index in [4.69, 9.17) is 5.11 Å². The number of carbonyl (C=O) groups is 1. The average Bonchev–Trinajstić information content (AvgIpc) is 2.44. The molecule has 0 aliphatic rings. The Labute approximate surface area is 123 Å². The fraction of sp³-hybridized carbons (Fsp3) is 0.500. The molecule has 1 amide bonds. The minimum absolute atomic E-state index is 0.00810. The summed E-state index contributed by atoms with van der Waals surface area (Å²) in [7, 11) is 3.19. The standard InChI is InChI=1S/C14H21N3O4/c1-10(5-4-8-18)15-12-7-6-11(14(19)16(2)3)9-13(12)17(20)21/h6-7,9-10,15,18H,4-5,8H2,1-3H3. The van der Waals surface area contributed by atoms with Crippen LogP contribution in [0.15, 0.2) is 18.2 Å². The van der Waals surface area contributed by atoms with Gasteiger partial charge in [-0.25, -0.2) is 0 Å². The minimum atomic E-state index is -0.506. The molecule has 116 valence electrons. The van der Waals surface area contributed by atoms with Crippen molar-refractivity contribution in [2.24, 2.45) is 0 Å². The van der Waals surface area contributed by atoms with E-state index in [2.05, 4.69) is 5.32 Å². The highest BCUT2D eigenvalue weighted by Crippen LogP contribution is 2.27. The van der Waals surface area contributed by atoms with E-state index in [0.717, 1.165) is 0 Å². The summed E-state index contributed by atoms with van der Waals surface area (Å²) in [6, 6.07) is 4.38. The van der Waals surface area contributed by atoms with E-state index in [-0.39, 0.29) is 29.8 Å². The zero-order valence-electron chi connectivity index (χ0n) is 12.5. The molecule has 0 saturated heterocycles. The maximum absolute atomic E-state index is 11.8. The molecule has 0 spiro atoms. The summed E-state index contributed by atoms with van der Waals surface area (Å²) in [5.41, 5.74) is 0.527. The molecule has 1 aromatic carbocycles. The first-order valence-electron chi connectivity index (χ1n) is 6.74. The van der Waals surface area contributed by atoms with Crippen molar-refractivity contribution < 1.29 is 14.8 Å². The van der Waals surface area contributed by atoms with Gasteiger partial charge in [0.05, 0.1) is 4.92 Å². The number of aliphatic hydroxyl groups is 1. The van der Waals surface area contributed by atoms with E-state index in [1.807, 2.05) is 6.92 Å². The molecule has 1 rings (SSSR count). The van der Waals surface area contributed by atoms with Crippen molar-refractivity contribution in [1.29, 1.82) is 0 Å². The molecule has 21 heavy (non-hydrogen) atoms. The number of rotatable bonds is 7. The van der Waals surface area contributed by atoms with Crippen molar-refractivity contribution in [2.45, 2.75) is 25.8 Å². The lowest BCUT2D eigenvalue weighted by molar-refractivity contribution is -0.384. The third-order valence-corrected chi connectivity index (χ3v) is 3.04. The highest BCUT2D eigenvalue weighted by Gasteiger charge is 2.19. The van der Waals surface area contributed by atoms with Gasteiger partial charge >= 0.3 is 0 Å². The Morgan fingerprint density at radius 2 is 2.14 bits per heavy atom. The molecule has 1 aromatic rings. The largest absolute Gasteiger partial charge is 0.396 e. The lowest BCUT2D eigenvalue weighted by Crippen LogP contribution is -2.22. The second-order valence-electron chi connectivity index (χ2n) is 5.10. The van der Waals surface area contributed by atoms with Crippen LogP contribution in [0.25, 0.3) is 0 Å². The predicted molar refractivity (Wildman–Crippen MR) is 80.5 cm³/mol. The van der Waals surface area contributed by atoms with Gasteiger partial charge in [-0.2, -0.15) is 0 Å². The predicted octanol–water partition coefficient (Wildman–Crippen LogP) is 1.87. The van der Waals surface area contributed by atoms with Crippen molar-refractivity contribution >= 4 is 17.3 Å². The van der Waals surface area contributed by atoms with Crippen molar-refractivity contribution in [3.05, 3.63) is 33.9 Å². The first-order chi connectivity index (χ1) is 9.86. The molecule has 1 unspecified atom stereocenters. The van der Waals surface area contributed by atoms with Crippen molar-refractivity contribution in [2.75, 3.05) is 26.0 Å². The van der Waals surface area contributed by atoms with Crippen molar-refractivity contribution in [3.63, 3.8) is 0 Å². The number of amides is 1. The number of hydrogen-bond acceptors (Lipinski definition) is 5. The van der Waals surface area contributed by atoms with Gasteiger partial charge in [-0.3, -0.25) is 14.9 Å². The molecule has 0 aromatic heterocycles. The van der Waals surface area contributed by atoms with Gasteiger partial charge in [-0.15, -0.1) is 0 Å². The third-order valence-electron chi connectivity index (χ3n) is 3.04. The fourth-order valence-corrected chi connectivity index (χ4v) is 1.93. The molecule has 1 atom stereocenters. The molecule has 0 radical (unpaired) electrons. The number of benzene rings is 1. The molecule has 0 aliphatic heterocycles. The molecule has 0 heterocycles. The number of aliphatic hydroxyl groups excluding tert-OH is 1. The SMILES string of the molecule is CC(CCCO)Nc1ccc(C(=O)N(C)C)cc1[N+](=O)[O-]. The molecular formula is C14H21N3O4. The fourth-order valence-electron chi connectivity index (χ4n) is 1.93. The van der Waals surface area contributed by atoms with Crippen molar-refractivity contribution in [1.82, 2.24) is 4.90 Å². The number of carbonyl (C=O) groups excluding carboxylic acids is 1. The summed E-state index contributed by atoms with van der Waals surface area (Å²) >= 11 is 0. The van der Waals surface area contributed by atoms with Gasteiger partial charge in [-0.1, -0.05) is 0 Å². The first-order valence-corrected chi connectivity index (χ1v) is 6.74. The van der Waals surface area contributed by atoms with E-state index in [1.165, 1.54) is 11.0 Å². The van der Waals surface area contributed by atoms with Gasteiger partial charge in [0.2, 0.25) is 0 Å². The number of nitrogens with one attached hydrogen (secondary N) is 1. The average molecular weight is 295 g/mol. The van der Waals surface area contributed by atoms with Crippen LogP contribution in [-0.4, -0.2) is 47.6 Å². The summed E-state index contributed by atoms with van der Waals surface area (Å²) in [5, 5.41) is 23.0. The number of anilines is 1. The Morgan fingerprint density at radius 3 is 2.67 bits per heavy atom. The van der Waals surface area contributed by atoms with Gasteiger partial charge in [0.1, 0.15) is 5.69 Å². The number of nitro groups is 1. The second kappa shape index (κ2) is 7.58. The van der Waals surface area contributed by atoms with Crippen LogP contribution >= 0.6 is 0 Å². The monoisotopic (exact) mass is 295 g/mol. The summed E-state index contributed by atoms with van der Waals surface area (Å²) in [5.74, 6) is -0.280. The zero-order chi connectivity index (χ0) is 16.0. The highest BCUT2D eigenvalue weighted by atomic mass is 16.6. The number of hydrogen-bond donors (Lipinski definition) is 2. The van der Waals surface area contributed by atoms with Crippen LogP contribution in [0.3, 0.4) is 0 Å². The number of nitro benzene ring substituents is 1. The summed E-state index contributed by atoms with van der Waals surface area (Å²) < 4.78 is 0. The van der Waals surface area contributed by atoms with E-state index in [0.29, 0.717) is 18.5 Å². The Hall–Kier alpha value is -2.15. The summed E-state index contributed by atoms with van der Waals surface area (Å²) in [4.78, 5) is 23.9. The van der Waals surface area contributed by atoms with Crippen LogP contribution in [-0.2, 0) is 0 Å². The van der Waals surface area contributed by atoms with Crippen LogP contribution in [0, 0.1) is 10.1 Å². The molecule has 0 aliphatic carbocycles. The smallest absolute Gasteiger partial charge is 0.293 e. The van der Waals surface area contributed by atoms with Gasteiger partial charge in [-0.05, 0) is 31.9 Å². The maximum atomic E-state index is 11.8. The lowest BCUT2D eigenvalue weighted by Gasteiger charge is -2.16. The summed E-state index contributed by atoms with van der Waals surface area (Å²) in [6.45, 7) is 1.97. The van der Waals surface area contributed by atoms with Crippen LogP contribution in [0.1, 0.15) is 30.1 Å². The molecule has 0 bridgehead atoms. The Bertz CT molecular complexity index is 517. The maximum Gasteiger partial charge on any atom is 0.293 e. The second-order valence-corrected chi connectivity index (χ2v) is 5.10. The Morgan fingerprint density at radius 1 is 1.48 bits per heavy atom. The van der Waals surface area contributed by atoms with Crippen LogP contribution in [0.5, 0.6) is 0 Å². The first kappa shape index (κ1) is 16.9. The van der Waals surface area contributed by atoms with Gasteiger partial charge < -0.3 is 15.3 Å². The Kier molecular flexibility index (Phi) is 6.10. The lowest BCUT2D eigenvalue weighted by atomic mass is 10.1. The van der Waals surface area contributed by atoms with E-state index in [1.54, 1.807) is 26.2 Å². The topological polar surface area (TPSA) is 95.7 Å². The molecule has 7 nitrogen and oxygen atoms in total. The number of nitrogens with zero attached hydrogens (tertiary/aromatic N) is 2. The minimum Gasteiger partial charge on any atom is -0.396 e. The van der Waals surface area contributed by atoms with E-state index >= 15 is 0 Å². The summed E-state index contributed by atoms with van der Waals surface area (Å²) in [6.07, 6.45) is 1.32. The zero-order valence-corrected chi connectivity index (χ0v) is 12.5. The van der Waals surface area contributed by atoms with Crippen LogP contribution in [0.4, 0.5) is 11.4 Å². The van der Waals surface area contributed by atoms with E-state index in [9.17, 15) is 14.9 Å². The molecular weight excluding hydrogens is 274 g/mol. The molecule has 2 N–H and O–H groups in total. The van der Waals surface area contributed by atoms with Gasteiger partial charge in [0.15, 0.2) is 0 Å². The van der Waals surface area contributed by atoms with Gasteiger partial charge in [0.25, 0.3) is 11.6 Å². The Balaban J connectivity index is 3.00. The normalized spacial score (nSPS) is 11.8. The molecule has 0 fully saturated rings. The van der Waals surface area contributed by atoms with Crippen LogP contribution < -0.4 is 5.32 Å².